The minimum Gasteiger partial charge on any atom is -0.462 e. The summed E-state index contributed by atoms with van der Waals surface area (Å²) >= 11 is 0. The maximum Gasteiger partial charge on any atom is 0.472 e. The standard InChI is InChI=1S/C91H144O17P2/c1-5-9-13-17-21-25-29-33-36-39-42-45-48-52-55-59-63-67-71-75-88(93)101-81-86(107-90(95)77-73-69-65-61-57-51-32-28-24-20-16-12-8-4)83-105-109(97,98)103-79-85(92)80-104-110(99,100)106-84-87(108-91(96)78-74-70-66-62-58-54-50-47-44-41-38-35-31-27-23-19-15-11-7-3)82-102-89(94)76-72-68-64-60-56-53-49-46-43-40-37-34-30-26-22-18-14-10-6-2/h9-11,13-15,21-23,25-28,32-38,42-47,52-56,58,64,68,85-87,92H,5-8,12,16-20,24,29-31,39-41,48-51,57,59-63,65-67,69-84H2,1-4H3,(H,97,98)(H,99,100)/b13-9-,14-10-,15-11-,25-21-,26-22-,27-23-,32-28-,36-33-,37-34-,38-35-,45-42-,46-43-,47-44-,55-52-,56-53-,58-54-,68-64-/t85-,86+,87+/m0/s1. The fourth-order valence-electron chi connectivity index (χ4n) is 10.1. The maximum atomic E-state index is 13.1. The molecule has 0 aliphatic heterocycles. The maximum absolute atomic E-state index is 13.1. The number of hydrogen-bond acceptors (Lipinski definition) is 15. The van der Waals surface area contributed by atoms with Crippen molar-refractivity contribution in [1.29, 1.82) is 0 Å². The van der Waals surface area contributed by atoms with Crippen LogP contribution in [0.25, 0.3) is 0 Å². The lowest BCUT2D eigenvalue weighted by Gasteiger charge is -2.21. The first-order valence-corrected chi connectivity index (χ1v) is 44.3. The molecule has 0 rings (SSSR count). The molecule has 0 saturated heterocycles. The van der Waals surface area contributed by atoms with Gasteiger partial charge >= 0.3 is 39.5 Å². The summed E-state index contributed by atoms with van der Waals surface area (Å²) in [5, 5.41) is 10.7. The van der Waals surface area contributed by atoms with Crippen LogP contribution in [-0.2, 0) is 65.4 Å². The van der Waals surface area contributed by atoms with E-state index in [0.717, 1.165) is 173 Å². The van der Waals surface area contributed by atoms with E-state index in [1.54, 1.807) is 0 Å². The van der Waals surface area contributed by atoms with Gasteiger partial charge in [0, 0.05) is 25.7 Å². The summed E-state index contributed by atoms with van der Waals surface area (Å²) in [7, 11) is -10.0. The average Bonchev–Trinajstić information content (AvgIpc) is 0.900. The van der Waals surface area contributed by atoms with E-state index in [4.69, 9.17) is 37.0 Å². The summed E-state index contributed by atoms with van der Waals surface area (Å²) in [6.45, 7) is 4.32. The van der Waals surface area contributed by atoms with E-state index in [0.29, 0.717) is 32.1 Å². The normalized spacial score (nSPS) is 14.9. The summed E-state index contributed by atoms with van der Waals surface area (Å²) in [5.41, 5.74) is 0. The number of aliphatic hydroxyl groups excluding tert-OH is 1. The second-order valence-electron chi connectivity index (χ2n) is 26.6. The van der Waals surface area contributed by atoms with Crippen LogP contribution in [0.4, 0.5) is 0 Å². The smallest absolute Gasteiger partial charge is 0.462 e. The molecule has 620 valence electrons. The quantitative estimate of drug-likeness (QED) is 0.0169. The number of allylic oxidation sites excluding steroid dienone is 34. The molecule has 5 atom stereocenters. The number of ether oxygens (including phenoxy) is 4. The lowest BCUT2D eigenvalue weighted by molar-refractivity contribution is -0.161. The SMILES string of the molecule is CC/C=C\C/C=C\C/C=C\C/C=C\C/C=C\C/C=C\CCC(=O)OC[C@H](COP(=O)(O)OC[C@@H](O)COP(=O)(O)OC[C@@H](COC(=O)CCCCC/C=C\C/C=C\C/C=C\C/C=C\C/C=C\CC)OC(=O)CCCCCCC/C=C\CCCCCC)OC(=O)CCCCC/C=C\C/C=C\C/C=C\C/C=C\C/C=C\CC. The largest absolute Gasteiger partial charge is 0.472 e. The van der Waals surface area contributed by atoms with Gasteiger partial charge < -0.3 is 33.8 Å². The summed E-state index contributed by atoms with van der Waals surface area (Å²) in [5.74, 6) is -2.38. The average molecular weight is 1570 g/mol. The molecule has 19 heteroatoms. The molecule has 0 aliphatic carbocycles. The van der Waals surface area contributed by atoms with Crippen molar-refractivity contribution in [3.63, 3.8) is 0 Å². The first kappa shape index (κ1) is 104. The Kier molecular flexibility index (Phi) is 76.0. The number of phosphoric ester groups is 2. The molecule has 0 fully saturated rings. The van der Waals surface area contributed by atoms with Gasteiger partial charge in [-0.05, 0) is 180 Å². The van der Waals surface area contributed by atoms with Crippen molar-refractivity contribution >= 4 is 39.5 Å². The third-order valence-corrected chi connectivity index (χ3v) is 18.1. The molecule has 110 heavy (non-hydrogen) atoms. The highest BCUT2D eigenvalue weighted by Crippen LogP contribution is 2.45. The van der Waals surface area contributed by atoms with Crippen molar-refractivity contribution in [2.45, 2.75) is 303 Å². The topological polar surface area (TPSA) is 237 Å². The summed E-state index contributed by atoms with van der Waals surface area (Å²) in [6.07, 6.45) is 101. The molecule has 0 aromatic rings. The number of aliphatic hydroxyl groups is 1. The van der Waals surface area contributed by atoms with Gasteiger partial charge in [0.05, 0.1) is 26.4 Å². The molecule has 0 aliphatic rings. The monoisotopic (exact) mass is 1570 g/mol. The Bertz CT molecular complexity index is 2900. The van der Waals surface area contributed by atoms with E-state index in [9.17, 15) is 43.2 Å². The van der Waals surface area contributed by atoms with Gasteiger partial charge in [0.2, 0.25) is 0 Å². The van der Waals surface area contributed by atoms with Gasteiger partial charge in [-0.25, -0.2) is 9.13 Å². The molecule has 3 N–H and O–H groups in total. The summed E-state index contributed by atoms with van der Waals surface area (Å²) in [4.78, 5) is 73.1. The number of hydrogen-bond donors (Lipinski definition) is 3. The summed E-state index contributed by atoms with van der Waals surface area (Å²) < 4.78 is 68.6. The van der Waals surface area contributed by atoms with Crippen molar-refractivity contribution in [2.75, 3.05) is 39.6 Å². The Balaban J connectivity index is 5.53. The van der Waals surface area contributed by atoms with E-state index in [1.807, 2.05) is 18.2 Å². The predicted octanol–water partition coefficient (Wildman–Crippen LogP) is 24.7. The van der Waals surface area contributed by atoms with E-state index in [2.05, 4.69) is 216 Å². The highest BCUT2D eigenvalue weighted by molar-refractivity contribution is 7.47. The van der Waals surface area contributed by atoms with Crippen LogP contribution in [0.3, 0.4) is 0 Å². The molecule has 0 bridgehead atoms. The van der Waals surface area contributed by atoms with Gasteiger partial charge in [0.1, 0.15) is 19.3 Å². The van der Waals surface area contributed by atoms with Crippen LogP contribution in [0.15, 0.2) is 207 Å². The molecule has 2 unspecified atom stereocenters. The Labute approximate surface area is 665 Å². The predicted molar refractivity (Wildman–Crippen MR) is 454 cm³/mol. The molecule has 0 amide bonds. The molecular formula is C91H144O17P2. The molecule has 0 heterocycles. The zero-order valence-electron chi connectivity index (χ0n) is 67.8. The van der Waals surface area contributed by atoms with Gasteiger partial charge in [-0.1, -0.05) is 286 Å². The Hall–Kier alpha value is -6.36. The van der Waals surface area contributed by atoms with Crippen molar-refractivity contribution < 1.29 is 80.2 Å². The number of carbonyl (C=O) groups is 4. The minimum atomic E-state index is -5.02. The molecular weight excluding hydrogens is 1430 g/mol. The molecule has 0 aromatic heterocycles. The first-order valence-electron chi connectivity index (χ1n) is 41.3. The van der Waals surface area contributed by atoms with E-state index in [-0.39, 0.29) is 25.7 Å². The van der Waals surface area contributed by atoms with Crippen molar-refractivity contribution in [3.8, 4) is 0 Å². The van der Waals surface area contributed by atoms with Gasteiger partial charge in [-0.15, -0.1) is 0 Å². The van der Waals surface area contributed by atoms with Gasteiger partial charge in [0.25, 0.3) is 0 Å². The number of unbranched alkanes of at least 4 members (excludes halogenated alkanes) is 15. The second kappa shape index (κ2) is 80.7. The molecule has 17 nitrogen and oxygen atoms in total. The van der Waals surface area contributed by atoms with Crippen LogP contribution in [0.5, 0.6) is 0 Å². The lowest BCUT2D eigenvalue weighted by Crippen LogP contribution is -2.30. The van der Waals surface area contributed by atoms with Gasteiger partial charge in [0.15, 0.2) is 12.2 Å². The molecule has 0 saturated carbocycles. The second-order valence-corrected chi connectivity index (χ2v) is 29.5. The number of carbonyl (C=O) groups excluding carboxylic acids is 4. The number of esters is 4. The highest BCUT2D eigenvalue weighted by atomic mass is 31.2. The molecule has 0 spiro atoms. The van der Waals surface area contributed by atoms with E-state index >= 15 is 0 Å². The van der Waals surface area contributed by atoms with E-state index in [1.165, 1.54) is 25.7 Å². The third-order valence-electron chi connectivity index (χ3n) is 16.2. The van der Waals surface area contributed by atoms with Crippen LogP contribution in [0.1, 0.15) is 285 Å². The number of phosphoric acid groups is 2. The van der Waals surface area contributed by atoms with Crippen LogP contribution in [0, 0.1) is 0 Å². The molecule has 0 radical (unpaired) electrons. The highest BCUT2D eigenvalue weighted by Gasteiger charge is 2.30. The Morgan fingerprint density at radius 3 is 0.800 bits per heavy atom. The van der Waals surface area contributed by atoms with Crippen LogP contribution < -0.4 is 0 Å². The van der Waals surface area contributed by atoms with Crippen LogP contribution in [-0.4, -0.2) is 96.7 Å². The zero-order chi connectivity index (χ0) is 80.3. The minimum absolute atomic E-state index is 0.0192. The third kappa shape index (κ3) is 79.7. The fourth-order valence-corrected chi connectivity index (χ4v) is 11.6. The fraction of sp³-hybridized carbons (Fsp3) is 0.582. The Morgan fingerprint density at radius 1 is 0.264 bits per heavy atom. The summed E-state index contributed by atoms with van der Waals surface area (Å²) in [6, 6.07) is 0. The van der Waals surface area contributed by atoms with E-state index < -0.39 is 97.5 Å². The van der Waals surface area contributed by atoms with Crippen molar-refractivity contribution in [1.82, 2.24) is 0 Å². The van der Waals surface area contributed by atoms with Gasteiger partial charge in [-0.2, -0.15) is 0 Å². The first-order chi connectivity index (χ1) is 53.7. The van der Waals surface area contributed by atoms with Crippen molar-refractivity contribution in [2.24, 2.45) is 0 Å². The van der Waals surface area contributed by atoms with Crippen molar-refractivity contribution in [3.05, 3.63) is 207 Å². The lowest BCUT2D eigenvalue weighted by atomic mass is 10.1. The van der Waals surface area contributed by atoms with Crippen LogP contribution >= 0.6 is 15.6 Å². The van der Waals surface area contributed by atoms with Crippen LogP contribution in [0.2, 0.25) is 0 Å². The Morgan fingerprint density at radius 2 is 0.491 bits per heavy atom. The molecule has 0 aromatic carbocycles. The zero-order valence-corrected chi connectivity index (χ0v) is 69.6. The van der Waals surface area contributed by atoms with Gasteiger partial charge in [-0.3, -0.25) is 37.3 Å². The number of rotatable bonds is 75.